The number of oxazole rings is 1. The first-order valence-electron chi connectivity index (χ1n) is 7.78. The van der Waals surface area contributed by atoms with Gasteiger partial charge in [-0.15, -0.1) is 0 Å². The second-order valence-electron chi connectivity index (χ2n) is 5.42. The number of aromatic nitrogens is 3. The highest BCUT2D eigenvalue weighted by Crippen LogP contribution is 2.33. The Balaban J connectivity index is 1.58. The van der Waals surface area contributed by atoms with Crippen molar-refractivity contribution >= 4 is 11.6 Å². The molecule has 0 unspecified atom stereocenters. The molecule has 2 aromatic carbocycles. The Kier molecular flexibility index (Phi) is 3.92. The van der Waals surface area contributed by atoms with Gasteiger partial charge >= 0.3 is 0 Å². The standard InChI is InChI=1S/C19H16N4O2/c1-24-17-9-14(7-8-15(17)18-11-20-12-25-18)22-19-21-10-16(23-19)13-5-3-2-4-6-13/h2-12H,1H3,(H2,21,22,23). The lowest BCUT2D eigenvalue weighted by molar-refractivity contribution is 0.415. The number of rotatable bonds is 5. The number of hydrogen-bond donors (Lipinski definition) is 2. The molecular weight excluding hydrogens is 316 g/mol. The Morgan fingerprint density at radius 1 is 1.08 bits per heavy atom. The Morgan fingerprint density at radius 3 is 2.72 bits per heavy atom. The number of anilines is 2. The largest absolute Gasteiger partial charge is 0.496 e. The van der Waals surface area contributed by atoms with Crippen molar-refractivity contribution in [1.82, 2.24) is 15.0 Å². The summed E-state index contributed by atoms with van der Waals surface area (Å²) in [5, 5.41) is 3.25. The van der Waals surface area contributed by atoms with Crippen LogP contribution in [-0.2, 0) is 0 Å². The molecule has 0 radical (unpaired) electrons. The molecule has 0 fully saturated rings. The fraction of sp³-hybridized carbons (Fsp3) is 0.0526. The van der Waals surface area contributed by atoms with Crippen molar-refractivity contribution in [3.63, 3.8) is 0 Å². The van der Waals surface area contributed by atoms with Gasteiger partial charge in [-0.25, -0.2) is 9.97 Å². The summed E-state index contributed by atoms with van der Waals surface area (Å²) < 4.78 is 10.8. The van der Waals surface area contributed by atoms with Gasteiger partial charge in [0.25, 0.3) is 0 Å². The van der Waals surface area contributed by atoms with Crippen LogP contribution in [0.2, 0.25) is 0 Å². The smallest absolute Gasteiger partial charge is 0.205 e. The molecule has 0 saturated heterocycles. The fourth-order valence-electron chi connectivity index (χ4n) is 2.61. The maximum Gasteiger partial charge on any atom is 0.205 e. The normalized spacial score (nSPS) is 10.6. The molecule has 0 aliphatic heterocycles. The summed E-state index contributed by atoms with van der Waals surface area (Å²) in [6.07, 6.45) is 4.86. The van der Waals surface area contributed by atoms with Crippen molar-refractivity contribution in [2.24, 2.45) is 0 Å². The average molecular weight is 332 g/mol. The first kappa shape index (κ1) is 15.0. The maximum atomic E-state index is 5.46. The van der Waals surface area contributed by atoms with Gasteiger partial charge in [0.05, 0.1) is 30.8 Å². The van der Waals surface area contributed by atoms with Crippen molar-refractivity contribution in [3.8, 4) is 28.3 Å². The molecule has 2 N–H and O–H groups in total. The molecule has 4 rings (SSSR count). The number of benzene rings is 2. The zero-order valence-electron chi connectivity index (χ0n) is 13.6. The summed E-state index contributed by atoms with van der Waals surface area (Å²) in [5.74, 6) is 2.01. The molecule has 0 aliphatic rings. The zero-order valence-corrected chi connectivity index (χ0v) is 13.6. The monoisotopic (exact) mass is 332 g/mol. The minimum Gasteiger partial charge on any atom is -0.496 e. The molecule has 0 bridgehead atoms. The van der Waals surface area contributed by atoms with Crippen LogP contribution < -0.4 is 10.1 Å². The molecule has 0 amide bonds. The van der Waals surface area contributed by atoms with Gasteiger partial charge in [0.15, 0.2) is 12.2 Å². The lowest BCUT2D eigenvalue weighted by atomic mass is 10.1. The molecule has 25 heavy (non-hydrogen) atoms. The van der Waals surface area contributed by atoms with E-state index in [1.165, 1.54) is 6.39 Å². The van der Waals surface area contributed by atoms with E-state index < -0.39 is 0 Å². The summed E-state index contributed by atoms with van der Waals surface area (Å²) in [6.45, 7) is 0. The quantitative estimate of drug-likeness (QED) is 0.563. The first-order chi connectivity index (χ1) is 12.3. The third kappa shape index (κ3) is 3.10. The van der Waals surface area contributed by atoms with E-state index in [0.717, 1.165) is 22.5 Å². The minimum atomic E-state index is 0.660. The van der Waals surface area contributed by atoms with E-state index in [9.17, 15) is 0 Å². The predicted molar refractivity (Wildman–Crippen MR) is 95.8 cm³/mol. The Bertz CT molecular complexity index is 962. The lowest BCUT2D eigenvalue weighted by Crippen LogP contribution is -1.94. The number of nitrogens with zero attached hydrogens (tertiary/aromatic N) is 2. The second kappa shape index (κ2) is 6.52. The number of methoxy groups -OCH3 is 1. The number of hydrogen-bond acceptors (Lipinski definition) is 5. The van der Waals surface area contributed by atoms with Crippen LogP contribution in [0, 0.1) is 0 Å². The number of H-pyrrole nitrogens is 1. The molecular formula is C19H16N4O2. The highest BCUT2D eigenvalue weighted by Gasteiger charge is 2.11. The van der Waals surface area contributed by atoms with E-state index in [4.69, 9.17) is 9.15 Å². The van der Waals surface area contributed by atoms with Crippen LogP contribution in [0.25, 0.3) is 22.6 Å². The van der Waals surface area contributed by atoms with Crippen LogP contribution in [0.15, 0.2) is 71.7 Å². The third-order valence-corrected chi connectivity index (χ3v) is 3.82. The van der Waals surface area contributed by atoms with E-state index in [1.807, 2.05) is 48.5 Å². The summed E-state index contributed by atoms with van der Waals surface area (Å²) in [7, 11) is 1.62. The van der Waals surface area contributed by atoms with Crippen molar-refractivity contribution in [1.29, 1.82) is 0 Å². The third-order valence-electron chi connectivity index (χ3n) is 3.82. The van der Waals surface area contributed by atoms with E-state index in [2.05, 4.69) is 20.3 Å². The highest BCUT2D eigenvalue weighted by atomic mass is 16.5. The highest BCUT2D eigenvalue weighted by molar-refractivity contribution is 5.71. The van der Waals surface area contributed by atoms with E-state index in [1.54, 1.807) is 19.5 Å². The van der Waals surface area contributed by atoms with Gasteiger partial charge in [-0.2, -0.15) is 0 Å². The molecule has 0 saturated carbocycles. The zero-order chi connectivity index (χ0) is 17.1. The number of imidazole rings is 1. The lowest BCUT2D eigenvalue weighted by Gasteiger charge is -2.09. The SMILES string of the molecule is COc1cc(Nc2ncc(-c3ccccc3)[nH]2)ccc1-c1cnco1. The summed E-state index contributed by atoms with van der Waals surface area (Å²) in [5.41, 5.74) is 3.73. The predicted octanol–water partition coefficient (Wildman–Crippen LogP) is 4.48. The van der Waals surface area contributed by atoms with Gasteiger partial charge in [0.2, 0.25) is 5.95 Å². The van der Waals surface area contributed by atoms with Crippen molar-refractivity contribution in [2.75, 3.05) is 12.4 Å². The summed E-state index contributed by atoms with van der Waals surface area (Å²) in [6, 6.07) is 15.8. The molecule has 124 valence electrons. The number of ether oxygens (including phenoxy) is 1. The van der Waals surface area contributed by atoms with Crippen molar-refractivity contribution in [3.05, 3.63) is 67.3 Å². The van der Waals surface area contributed by atoms with E-state index in [0.29, 0.717) is 17.5 Å². The van der Waals surface area contributed by atoms with Crippen molar-refractivity contribution in [2.45, 2.75) is 0 Å². The molecule has 6 nitrogen and oxygen atoms in total. The average Bonchev–Trinajstić information content (AvgIpc) is 3.34. The van der Waals surface area contributed by atoms with Crippen LogP contribution >= 0.6 is 0 Å². The van der Waals surface area contributed by atoms with Crippen LogP contribution in [-0.4, -0.2) is 22.1 Å². The van der Waals surface area contributed by atoms with Crippen LogP contribution in [0.3, 0.4) is 0 Å². The van der Waals surface area contributed by atoms with Gasteiger partial charge in [-0.3, -0.25) is 0 Å². The fourth-order valence-corrected chi connectivity index (χ4v) is 2.61. The van der Waals surface area contributed by atoms with Crippen LogP contribution in [0.4, 0.5) is 11.6 Å². The van der Waals surface area contributed by atoms with Gasteiger partial charge in [-0.1, -0.05) is 30.3 Å². The van der Waals surface area contributed by atoms with Gasteiger partial charge in [0.1, 0.15) is 5.75 Å². The van der Waals surface area contributed by atoms with E-state index in [-0.39, 0.29) is 0 Å². The molecule has 0 atom stereocenters. The molecule has 6 heteroatoms. The molecule has 0 spiro atoms. The molecule has 4 aromatic rings. The molecule has 2 heterocycles. The van der Waals surface area contributed by atoms with Gasteiger partial charge in [0, 0.05) is 11.8 Å². The Hall–Kier alpha value is -3.54. The number of nitrogens with one attached hydrogen (secondary N) is 2. The Morgan fingerprint density at radius 2 is 1.96 bits per heavy atom. The van der Waals surface area contributed by atoms with Crippen molar-refractivity contribution < 1.29 is 9.15 Å². The van der Waals surface area contributed by atoms with Crippen LogP contribution in [0.1, 0.15) is 0 Å². The molecule has 2 aromatic heterocycles. The topological polar surface area (TPSA) is 76.0 Å². The second-order valence-corrected chi connectivity index (χ2v) is 5.42. The first-order valence-corrected chi connectivity index (χ1v) is 7.78. The molecule has 0 aliphatic carbocycles. The van der Waals surface area contributed by atoms with Gasteiger partial charge < -0.3 is 19.5 Å². The van der Waals surface area contributed by atoms with E-state index >= 15 is 0 Å². The maximum absolute atomic E-state index is 5.46. The summed E-state index contributed by atoms with van der Waals surface area (Å²) in [4.78, 5) is 11.6. The minimum absolute atomic E-state index is 0.660. The van der Waals surface area contributed by atoms with Gasteiger partial charge in [-0.05, 0) is 17.7 Å². The summed E-state index contributed by atoms with van der Waals surface area (Å²) >= 11 is 0. The Labute approximate surface area is 144 Å². The number of aromatic amines is 1. The van der Waals surface area contributed by atoms with Crippen LogP contribution in [0.5, 0.6) is 5.75 Å².